The van der Waals surface area contributed by atoms with Gasteiger partial charge in [0.2, 0.25) is 5.91 Å². The molecule has 1 aliphatic carbocycles. The lowest BCUT2D eigenvalue weighted by atomic mass is 10.0. The van der Waals surface area contributed by atoms with Crippen LogP contribution in [0.4, 0.5) is 5.69 Å². The van der Waals surface area contributed by atoms with Crippen LogP contribution >= 0.6 is 0 Å². The van der Waals surface area contributed by atoms with Gasteiger partial charge in [-0.05, 0) is 84.6 Å². The minimum atomic E-state index is -0.125. The number of carbonyl (C=O) groups excluding carboxylic acids is 2. The first-order chi connectivity index (χ1) is 18.9. The molecule has 3 aromatic rings. The highest BCUT2D eigenvalue weighted by Gasteiger charge is 2.19. The van der Waals surface area contributed by atoms with Crippen molar-refractivity contribution in [2.45, 2.75) is 32.9 Å². The standard InChI is InChI=1S/C32H34N2O5/c1-23(35)33-28-12-16-30(17-13-28)39-22-27-19-25(9-18-31(27)38-3)21-34(20-24-7-5-4-6-8-24)32(36)26-10-14-29(37-2)15-11-26/h5,7-19H,4,6,20-22H2,1-3H3,(H,33,35). The zero-order valence-electron chi connectivity index (χ0n) is 22.6. The summed E-state index contributed by atoms with van der Waals surface area (Å²) in [4.78, 5) is 26.7. The summed E-state index contributed by atoms with van der Waals surface area (Å²) in [5, 5.41) is 2.74. The van der Waals surface area contributed by atoms with Gasteiger partial charge in [0, 0.05) is 36.8 Å². The number of anilines is 1. The van der Waals surface area contributed by atoms with Crippen LogP contribution in [-0.2, 0) is 17.9 Å². The molecule has 2 amide bonds. The van der Waals surface area contributed by atoms with E-state index in [0.717, 1.165) is 29.5 Å². The largest absolute Gasteiger partial charge is 0.497 e. The van der Waals surface area contributed by atoms with Crippen LogP contribution < -0.4 is 19.5 Å². The maximum Gasteiger partial charge on any atom is 0.254 e. The molecule has 0 saturated carbocycles. The van der Waals surface area contributed by atoms with Crippen molar-refractivity contribution in [3.63, 3.8) is 0 Å². The van der Waals surface area contributed by atoms with Gasteiger partial charge in [-0.1, -0.05) is 24.3 Å². The molecule has 1 N–H and O–H groups in total. The van der Waals surface area contributed by atoms with Crippen molar-refractivity contribution >= 4 is 17.5 Å². The van der Waals surface area contributed by atoms with Gasteiger partial charge in [0.05, 0.1) is 14.2 Å². The number of allylic oxidation sites excluding steroid dienone is 2. The molecule has 0 aliphatic heterocycles. The number of nitrogens with one attached hydrogen (secondary N) is 1. The van der Waals surface area contributed by atoms with Crippen LogP contribution in [0.3, 0.4) is 0 Å². The van der Waals surface area contributed by atoms with Gasteiger partial charge >= 0.3 is 0 Å². The lowest BCUT2D eigenvalue weighted by molar-refractivity contribution is -0.114. The van der Waals surface area contributed by atoms with E-state index in [4.69, 9.17) is 14.2 Å². The predicted molar refractivity (Wildman–Crippen MR) is 152 cm³/mol. The van der Waals surface area contributed by atoms with Gasteiger partial charge in [0.1, 0.15) is 23.9 Å². The second-order valence-electron chi connectivity index (χ2n) is 9.29. The molecule has 0 bridgehead atoms. The lowest BCUT2D eigenvalue weighted by Crippen LogP contribution is -2.32. The lowest BCUT2D eigenvalue weighted by Gasteiger charge is -2.25. The maximum absolute atomic E-state index is 13.6. The Kier molecular flexibility index (Phi) is 9.40. The van der Waals surface area contributed by atoms with Gasteiger partial charge < -0.3 is 24.4 Å². The number of amides is 2. The molecule has 0 unspecified atom stereocenters. The molecule has 39 heavy (non-hydrogen) atoms. The van der Waals surface area contributed by atoms with Crippen LogP contribution in [0.15, 0.2) is 90.5 Å². The molecular weight excluding hydrogens is 492 g/mol. The number of nitrogens with zero attached hydrogens (tertiary/aromatic N) is 1. The van der Waals surface area contributed by atoms with Crippen LogP contribution in [0.25, 0.3) is 0 Å². The zero-order valence-corrected chi connectivity index (χ0v) is 22.6. The van der Waals surface area contributed by atoms with Crippen molar-refractivity contribution in [2.24, 2.45) is 0 Å². The summed E-state index contributed by atoms with van der Waals surface area (Å²) in [6.45, 7) is 2.70. The minimum absolute atomic E-state index is 0.0506. The van der Waals surface area contributed by atoms with Crippen LogP contribution in [0.2, 0.25) is 0 Å². The van der Waals surface area contributed by atoms with Gasteiger partial charge in [-0.15, -0.1) is 0 Å². The quantitative estimate of drug-likeness (QED) is 0.324. The monoisotopic (exact) mass is 526 g/mol. The fourth-order valence-corrected chi connectivity index (χ4v) is 4.38. The highest BCUT2D eigenvalue weighted by atomic mass is 16.5. The van der Waals surface area contributed by atoms with Crippen molar-refractivity contribution in [1.82, 2.24) is 4.90 Å². The number of benzene rings is 3. The van der Waals surface area contributed by atoms with Crippen LogP contribution in [0, 0.1) is 0 Å². The second-order valence-corrected chi connectivity index (χ2v) is 9.29. The normalized spacial score (nSPS) is 12.3. The van der Waals surface area contributed by atoms with Crippen molar-refractivity contribution < 1.29 is 23.8 Å². The molecule has 7 nitrogen and oxygen atoms in total. The molecule has 1 aliphatic rings. The summed E-state index contributed by atoms with van der Waals surface area (Å²) in [5.74, 6) is 1.91. The van der Waals surface area contributed by atoms with Crippen LogP contribution in [0.5, 0.6) is 17.2 Å². The van der Waals surface area contributed by atoms with E-state index in [1.807, 2.05) is 35.2 Å². The molecule has 0 fully saturated rings. The molecular formula is C32H34N2O5. The van der Waals surface area contributed by atoms with Gasteiger partial charge in [0.15, 0.2) is 0 Å². The molecule has 3 aromatic carbocycles. The average molecular weight is 527 g/mol. The Balaban J connectivity index is 1.52. The molecule has 0 aromatic heterocycles. The van der Waals surface area contributed by atoms with E-state index in [1.54, 1.807) is 50.6 Å². The van der Waals surface area contributed by atoms with E-state index in [2.05, 4.69) is 23.5 Å². The summed E-state index contributed by atoms with van der Waals surface area (Å²) < 4.78 is 16.8. The molecule has 0 heterocycles. The molecule has 0 atom stereocenters. The number of hydrogen-bond donors (Lipinski definition) is 1. The summed E-state index contributed by atoms with van der Waals surface area (Å²) in [6, 6.07) is 20.3. The van der Waals surface area contributed by atoms with Gasteiger partial charge in [-0.25, -0.2) is 0 Å². The molecule has 0 saturated heterocycles. The van der Waals surface area contributed by atoms with Crippen molar-refractivity contribution in [3.05, 3.63) is 107 Å². The van der Waals surface area contributed by atoms with E-state index in [-0.39, 0.29) is 18.4 Å². The van der Waals surface area contributed by atoms with Crippen molar-refractivity contribution in [1.29, 1.82) is 0 Å². The van der Waals surface area contributed by atoms with Gasteiger partial charge in [-0.2, -0.15) is 0 Å². The number of ether oxygens (including phenoxy) is 3. The fourth-order valence-electron chi connectivity index (χ4n) is 4.38. The summed E-state index contributed by atoms with van der Waals surface area (Å²) in [5.41, 5.74) is 4.28. The Bertz CT molecular complexity index is 1340. The third kappa shape index (κ3) is 7.74. The topological polar surface area (TPSA) is 77.1 Å². The number of carbonyl (C=O) groups is 2. The summed E-state index contributed by atoms with van der Waals surface area (Å²) in [7, 11) is 3.24. The minimum Gasteiger partial charge on any atom is -0.497 e. The molecule has 0 radical (unpaired) electrons. The Morgan fingerprint density at radius 1 is 0.872 bits per heavy atom. The van der Waals surface area contributed by atoms with Crippen molar-refractivity contribution in [3.8, 4) is 17.2 Å². The Morgan fingerprint density at radius 3 is 2.26 bits per heavy atom. The Morgan fingerprint density at radius 2 is 1.62 bits per heavy atom. The molecule has 0 spiro atoms. The first kappa shape index (κ1) is 27.5. The first-order valence-corrected chi connectivity index (χ1v) is 12.9. The van der Waals surface area contributed by atoms with Crippen molar-refractivity contribution in [2.75, 3.05) is 26.1 Å². The third-order valence-corrected chi connectivity index (χ3v) is 6.36. The average Bonchev–Trinajstić information content (AvgIpc) is 2.96. The Labute approximate surface area is 229 Å². The van der Waals surface area contributed by atoms with E-state index in [9.17, 15) is 9.59 Å². The highest BCUT2D eigenvalue weighted by molar-refractivity contribution is 5.94. The molecule has 4 rings (SSSR count). The SMILES string of the molecule is COc1ccc(C(=O)N(CC2=CCCC=C2)Cc2ccc(OC)c(COc3ccc(NC(C)=O)cc3)c2)cc1. The zero-order chi connectivity index (χ0) is 27.6. The molecule has 202 valence electrons. The molecule has 7 heteroatoms. The van der Waals surface area contributed by atoms with E-state index >= 15 is 0 Å². The number of rotatable bonds is 11. The summed E-state index contributed by atoms with van der Waals surface area (Å²) in [6.07, 6.45) is 8.44. The predicted octanol–water partition coefficient (Wildman–Crippen LogP) is 6.16. The Hall–Kier alpha value is -4.52. The van der Waals surface area contributed by atoms with Gasteiger partial charge in [0.25, 0.3) is 5.91 Å². The van der Waals surface area contributed by atoms with E-state index in [0.29, 0.717) is 41.6 Å². The highest BCUT2D eigenvalue weighted by Crippen LogP contribution is 2.25. The third-order valence-electron chi connectivity index (χ3n) is 6.36. The second kappa shape index (κ2) is 13.3. The van der Waals surface area contributed by atoms with Crippen LogP contribution in [0.1, 0.15) is 41.3 Å². The summed E-state index contributed by atoms with van der Waals surface area (Å²) >= 11 is 0. The maximum atomic E-state index is 13.6. The number of hydrogen-bond acceptors (Lipinski definition) is 5. The van der Waals surface area contributed by atoms with Gasteiger partial charge in [-0.3, -0.25) is 9.59 Å². The smallest absolute Gasteiger partial charge is 0.254 e. The van der Waals surface area contributed by atoms with Crippen LogP contribution in [-0.4, -0.2) is 37.5 Å². The number of methoxy groups -OCH3 is 2. The van der Waals surface area contributed by atoms with E-state index < -0.39 is 0 Å². The first-order valence-electron chi connectivity index (χ1n) is 12.9. The fraction of sp³-hybridized carbons (Fsp3) is 0.250. The van der Waals surface area contributed by atoms with E-state index in [1.165, 1.54) is 6.92 Å².